The van der Waals surface area contributed by atoms with Crippen molar-refractivity contribution in [1.29, 1.82) is 0 Å². The maximum Gasteiger partial charge on any atom is 0.326 e. The van der Waals surface area contributed by atoms with Crippen LogP contribution in [0.5, 0.6) is 5.75 Å². The molecule has 4 rings (SSSR count). The number of rotatable bonds is 13. The second kappa shape index (κ2) is 14.4. The third-order valence-electron chi connectivity index (χ3n) is 7.47. The van der Waals surface area contributed by atoms with Gasteiger partial charge in [0.25, 0.3) is 5.91 Å². The van der Waals surface area contributed by atoms with Crippen LogP contribution in [0.4, 0.5) is 11.4 Å². The number of carboxylic acids is 1. The van der Waals surface area contributed by atoms with Gasteiger partial charge in [0.05, 0.1) is 18.0 Å². The van der Waals surface area contributed by atoms with E-state index in [1.54, 1.807) is 18.2 Å². The Morgan fingerprint density at radius 1 is 1.00 bits per heavy atom. The lowest BCUT2D eigenvalue weighted by Gasteiger charge is -2.34. The molecule has 0 aromatic heterocycles. The summed E-state index contributed by atoms with van der Waals surface area (Å²) in [4.78, 5) is 26.7. The minimum atomic E-state index is -3.57. The third-order valence-corrected chi connectivity index (χ3v) is 8.06. The first-order valence-electron chi connectivity index (χ1n) is 14.1. The number of carbonyl (C=O) groups excluding carboxylic acids is 1. The van der Waals surface area contributed by atoms with E-state index in [4.69, 9.17) is 0 Å². The highest BCUT2D eigenvalue weighted by Crippen LogP contribution is 2.28. The van der Waals surface area contributed by atoms with Gasteiger partial charge in [0.15, 0.2) is 0 Å². The summed E-state index contributed by atoms with van der Waals surface area (Å²) < 4.78 is 25.3. The normalized spacial score (nSPS) is 15.4. The van der Waals surface area contributed by atoms with Gasteiger partial charge in [-0.15, -0.1) is 0 Å². The Hall–Kier alpha value is -4.13. The van der Waals surface area contributed by atoms with Crippen molar-refractivity contribution < 1.29 is 33.3 Å². The highest BCUT2D eigenvalue weighted by atomic mass is 32.2. The Kier molecular flexibility index (Phi) is 10.6. The summed E-state index contributed by atoms with van der Waals surface area (Å²) in [6.45, 7) is 2.65. The number of carboxylic acid groups (broad SMARTS) is 1. The molecule has 1 saturated heterocycles. The molecule has 230 valence electrons. The molecular formula is C31H38N4O7S. The summed E-state index contributed by atoms with van der Waals surface area (Å²) in [5.74, 6) is -1.33. The zero-order valence-electron chi connectivity index (χ0n) is 23.9. The lowest BCUT2D eigenvalue weighted by Crippen LogP contribution is -2.42. The number of anilines is 2. The minimum Gasteiger partial charge on any atom is -0.506 e. The largest absolute Gasteiger partial charge is 0.506 e. The second-order valence-electron chi connectivity index (χ2n) is 10.9. The van der Waals surface area contributed by atoms with Crippen LogP contribution in [0.2, 0.25) is 0 Å². The molecular weight excluding hydrogens is 572 g/mol. The lowest BCUT2D eigenvalue weighted by atomic mass is 9.96. The molecule has 3 aromatic rings. The highest BCUT2D eigenvalue weighted by Gasteiger charge is 2.23. The fourth-order valence-electron chi connectivity index (χ4n) is 5.09. The standard InChI is InChI=1S/C31H38N4O7S/c1-43(41,42)34-26-18-24(9-12-28(26)36)29(37)20-32-19-22-13-15-35(16-14-22)25-10-7-23(8-11-25)30(38)33-27(31(39)40)17-21-5-3-2-4-6-21/h2-12,18,22,27,29,32,34,36-37H,13-17,19-20H2,1H3,(H,33,38)(H,39,40)/t27-,29+/m0/s1. The van der Waals surface area contributed by atoms with Crippen molar-refractivity contribution in [1.82, 2.24) is 10.6 Å². The number of sulfonamides is 1. The maximum atomic E-state index is 12.8. The Morgan fingerprint density at radius 3 is 2.30 bits per heavy atom. The molecule has 0 saturated carbocycles. The smallest absolute Gasteiger partial charge is 0.326 e. The van der Waals surface area contributed by atoms with Crippen molar-refractivity contribution in [2.45, 2.75) is 31.4 Å². The molecule has 0 unspecified atom stereocenters. The van der Waals surface area contributed by atoms with Crippen molar-refractivity contribution in [2.24, 2.45) is 5.92 Å². The molecule has 1 aliphatic heterocycles. The van der Waals surface area contributed by atoms with Crippen LogP contribution in [-0.2, 0) is 21.2 Å². The first-order valence-corrected chi connectivity index (χ1v) is 16.0. The molecule has 1 heterocycles. The molecule has 1 amide bonds. The molecule has 43 heavy (non-hydrogen) atoms. The van der Waals surface area contributed by atoms with E-state index < -0.39 is 34.0 Å². The Morgan fingerprint density at radius 2 is 1.67 bits per heavy atom. The second-order valence-corrected chi connectivity index (χ2v) is 12.6. The molecule has 1 aliphatic rings. The third kappa shape index (κ3) is 9.43. The number of amides is 1. The van der Waals surface area contributed by atoms with E-state index in [9.17, 15) is 33.3 Å². The molecule has 6 N–H and O–H groups in total. The first-order chi connectivity index (χ1) is 20.5. The number of piperidine rings is 1. The van der Waals surface area contributed by atoms with Gasteiger partial charge in [0.1, 0.15) is 11.8 Å². The van der Waals surface area contributed by atoms with Crippen LogP contribution in [0, 0.1) is 5.92 Å². The van der Waals surface area contributed by atoms with Gasteiger partial charge in [0, 0.05) is 37.3 Å². The molecule has 11 nitrogen and oxygen atoms in total. The average Bonchev–Trinajstić information content (AvgIpc) is 2.98. The number of hydrogen-bond donors (Lipinski definition) is 6. The van der Waals surface area contributed by atoms with E-state index in [0.717, 1.165) is 43.4 Å². The van der Waals surface area contributed by atoms with Gasteiger partial charge in [-0.2, -0.15) is 0 Å². The van der Waals surface area contributed by atoms with Gasteiger partial charge in [-0.3, -0.25) is 9.52 Å². The molecule has 12 heteroatoms. The monoisotopic (exact) mass is 610 g/mol. The summed E-state index contributed by atoms with van der Waals surface area (Å²) in [5.41, 5.74) is 2.72. The number of aliphatic carboxylic acids is 1. The fraction of sp³-hybridized carbons (Fsp3) is 0.355. The number of benzene rings is 3. The number of nitrogens with one attached hydrogen (secondary N) is 3. The van der Waals surface area contributed by atoms with Crippen molar-refractivity contribution >= 4 is 33.3 Å². The number of aliphatic hydroxyl groups is 1. The molecule has 0 spiro atoms. The predicted molar refractivity (Wildman–Crippen MR) is 165 cm³/mol. The van der Waals surface area contributed by atoms with E-state index in [1.807, 2.05) is 42.5 Å². The van der Waals surface area contributed by atoms with Crippen LogP contribution >= 0.6 is 0 Å². The van der Waals surface area contributed by atoms with E-state index in [-0.39, 0.29) is 24.4 Å². The van der Waals surface area contributed by atoms with Gasteiger partial charge < -0.3 is 30.9 Å². The van der Waals surface area contributed by atoms with Crippen LogP contribution in [0.25, 0.3) is 0 Å². The topological polar surface area (TPSA) is 168 Å². The number of nitrogens with zero attached hydrogens (tertiary/aromatic N) is 1. The molecule has 2 atom stereocenters. The summed E-state index contributed by atoms with van der Waals surface area (Å²) in [6, 6.07) is 19.6. The molecule has 0 aliphatic carbocycles. The molecule has 1 fully saturated rings. The van der Waals surface area contributed by atoms with Crippen molar-refractivity contribution in [3.05, 3.63) is 89.5 Å². The quantitative estimate of drug-likeness (QED) is 0.159. The Balaban J connectivity index is 1.22. The number of phenolic OH excluding ortho intramolecular Hbond substituents is 1. The molecule has 0 radical (unpaired) electrons. The predicted octanol–water partition coefficient (Wildman–Crippen LogP) is 2.73. The Bertz CT molecular complexity index is 1490. The maximum absolute atomic E-state index is 12.8. The van der Waals surface area contributed by atoms with E-state index in [1.165, 1.54) is 12.1 Å². The van der Waals surface area contributed by atoms with Crippen LogP contribution in [0.3, 0.4) is 0 Å². The summed E-state index contributed by atoms with van der Waals surface area (Å²) in [7, 11) is -3.57. The van der Waals surface area contributed by atoms with Gasteiger partial charge in [-0.1, -0.05) is 36.4 Å². The fourth-order valence-corrected chi connectivity index (χ4v) is 5.66. The number of aromatic hydroxyl groups is 1. The molecule has 0 bridgehead atoms. The van der Waals surface area contributed by atoms with Crippen LogP contribution in [0.1, 0.15) is 40.4 Å². The van der Waals surface area contributed by atoms with Gasteiger partial charge in [0.2, 0.25) is 10.0 Å². The van der Waals surface area contributed by atoms with Crippen molar-refractivity contribution in [3.8, 4) is 5.75 Å². The lowest BCUT2D eigenvalue weighted by molar-refractivity contribution is -0.139. The summed E-state index contributed by atoms with van der Waals surface area (Å²) >= 11 is 0. The number of aliphatic hydroxyl groups excluding tert-OH is 1. The number of phenols is 1. The van der Waals surface area contributed by atoms with E-state index in [2.05, 4.69) is 20.3 Å². The first kappa shape index (κ1) is 31.8. The minimum absolute atomic E-state index is 0.0209. The Labute approximate surface area is 251 Å². The SMILES string of the molecule is CS(=O)(=O)Nc1cc([C@H](O)CNCC2CCN(c3ccc(C(=O)N[C@@H](Cc4ccccc4)C(=O)O)cc3)CC2)ccc1O. The van der Waals surface area contributed by atoms with Crippen LogP contribution in [0.15, 0.2) is 72.8 Å². The van der Waals surface area contributed by atoms with Crippen LogP contribution in [-0.4, -0.2) is 74.1 Å². The summed E-state index contributed by atoms with van der Waals surface area (Å²) in [5, 5.41) is 36.0. The number of carbonyl (C=O) groups is 2. The van der Waals surface area contributed by atoms with Crippen LogP contribution < -0.4 is 20.3 Å². The summed E-state index contributed by atoms with van der Waals surface area (Å²) in [6.07, 6.45) is 2.19. The van der Waals surface area contributed by atoms with E-state index >= 15 is 0 Å². The zero-order chi connectivity index (χ0) is 31.0. The molecule has 3 aromatic carbocycles. The van der Waals surface area contributed by atoms with Crippen molar-refractivity contribution in [2.75, 3.05) is 42.1 Å². The average molecular weight is 611 g/mol. The van der Waals surface area contributed by atoms with Crippen molar-refractivity contribution in [3.63, 3.8) is 0 Å². The van der Waals surface area contributed by atoms with E-state index in [0.29, 0.717) is 23.6 Å². The zero-order valence-corrected chi connectivity index (χ0v) is 24.8. The highest BCUT2D eigenvalue weighted by molar-refractivity contribution is 7.92. The van der Waals surface area contributed by atoms with Gasteiger partial charge in [-0.05, 0) is 72.8 Å². The van der Waals surface area contributed by atoms with Gasteiger partial charge in [-0.25, -0.2) is 13.2 Å². The van der Waals surface area contributed by atoms with Gasteiger partial charge >= 0.3 is 5.97 Å². The number of hydrogen-bond acceptors (Lipinski definition) is 8.